The van der Waals surface area contributed by atoms with E-state index in [2.05, 4.69) is 46.1 Å². The van der Waals surface area contributed by atoms with Crippen LogP contribution >= 0.6 is 0 Å². The molecule has 0 aromatic heterocycles. The summed E-state index contributed by atoms with van der Waals surface area (Å²) in [7, 11) is -1.92. The minimum Gasteiger partial charge on any atom is -0.481 e. The Morgan fingerprint density at radius 1 is 1.35 bits per heavy atom. The van der Waals surface area contributed by atoms with Gasteiger partial charge in [-0.15, -0.1) is 0 Å². The molecular weight excluding hydrogens is 270 g/mol. The first-order valence-corrected chi connectivity index (χ1v) is 10.5. The summed E-state index contributed by atoms with van der Waals surface area (Å²) in [6.07, 6.45) is 1.92. The molecule has 0 aliphatic rings. The van der Waals surface area contributed by atoms with Gasteiger partial charge in [-0.1, -0.05) is 34.1 Å². The van der Waals surface area contributed by atoms with Crippen LogP contribution in [-0.4, -0.2) is 38.6 Å². The van der Waals surface area contributed by atoms with Crippen LogP contribution in [0.5, 0.6) is 0 Å². The first-order valence-electron chi connectivity index (χ1n) is 7.64. The van der Waals surface area contributed by atoms with Crippen molar-refractivity contribution in [2.24, 2.45) is 5.92 Å². The van der Waals surface area contributed by atoms with E-state index >= 15 is 0 Å². The van der Waals surface area contributed by atoms with Gasteiger partial charge in [-0.25, -0.2) is 0 Å². The summed E-state index contributed by atoms with van der Waals surface area (Å²) in [5.74, 6) is -1.26. The zero-order valence-electron chi connectivity index (χ0n) is 14.2. The molecule has 4 nitrogen and oxygen atoms in total. The molecule has 0 fully saturated rings. The molecule has 0 bridgehead atoms. The highest BCUT2D eigenvalue weighted by molar-refractivity contribution is 6.74. The lowest BCUT2D eigenvalue weighted by Gasteiger charge is -2.39. The summed E-state index contributed by atoms with van der Waals surface area (Å²) in [5, 5.41) is 12.7. The molecule has 2 atom stereocenters. The maximum absolute atomic E-state index is 11.4. The molecule has 120 valence electrons. The van der Waals surface area contributed by atoms with Crippen molar-refractivity contribution in [3.63, 3.8) is 0 Å². The molecule has 0 unspecified atom stereocenters. The van der Waals surface area contributed by atoms with Gasteiger partial charge in [0.25, 0.3) is 0 Å². The van der Waals surface area contributed by atoms with Crippen LogP contribution < -0.4 is 5.32 Å². The van der Waals surface area contributed by atoms with Gasteiger partial charge in [0.05, 0.1) is 12.0 Å². The first-order chi connectivity index (χ1) is 9.03. The van der Waals surface area contributed by atoms with Gasteiger partial charge in [0.1, 0.15) is 0 Å². The second kappa shape index (κ2) is 8.15. The molecule has 0 aliphatic carbocycles. The van der Waals surface area contributed by atoms with Crippen LogP contribution in [0.1, 0.15) is 47.5 Å². The largest absolute Gasteiger partial charge is 0.481 e. The van der Waals surface area contributed by atoms with Gasteiger partial charge in [-0.05, 0) is 38.0 Å². The van der Waals surface area contributed by atoms with Crippen molar-refractivity contribution < 1.29 is 14.3 Å². The van der Waals surface area contributed by atoms with Crippen molar-refractivity contribution in [3.05, 3.63) is 0 Å². The Morgan fingerprint density at radius 3 is 2.30 bits per heavy atom. The second-order valence-corrected chi connectivity index (χ2v) is 11.8. The van der Waals surface area contributed by atoms with Gasteiger partial charge in [0.2, 0.25) is 0 Å². The molecule has 0 saturated heterocycles. The van der Waals surface area contributed by atoms with E-state index < -0.39 is 20.2 Å². The number of carboxylic acid groups (broad SMARTS) is 1. The van der Waals surface area contributed by atoms with Crippen LogP contribution in [0.4, 0.5) is 0 Å². The molecule has 0 rings (SSSR count). The zero-order valence-corrected chi connectivity index (χ0v) is 15.2. The van der Waals surface area contributed by atoms with E-state index in [1.165, 1.54) is 0 Å². The van der Waals surface area contributed by atoms with Crippen molar-refractivity contribution in [2.75, 3.05) is 13.1 Å². The minimum atomic E-state index is -1.92. The van der Waals surface area contributed by atoms with Gasteiger partial charge >= 0.3 is 5.97 Å². The average molecular weight is 304 g/mol. The Bertz CT molecular complexity index is 300. The lowest BCUT2D eigenvalue weighted by atomic mass is 10.0. The molecule has 0 spiro atoms. The summed E-state index contributed by atoms with van der Waals surface area (Å²) >= 11 is 0. The van der Waals surface area contributed by atoms with Crippen molar-refractivity contribution in [1.82, 2.24) is 5.32 Å². The van der Waals surface area contributed by atoms with Crippen molar-refractivity contribution in [2.45, 2.75) is 71.7 Å². The van der Waals surface area contributed by atoms with Crippen LogP contribution in [0, 0.1) is 5.92 Å². The Labute approximate surface area is 125 Å². The molecule has 0 aromatic rings. The third-order valence-corrected chi connectivity index (χ3v) is 8.82. The number of rotatable bonds is 9. The number of unbranched alkanes of at least 4 members (excludes halogenated alkanes) is 1. The smallest absolute Gasteiger partial charge is 0.310 e. The number of nitrogens with one attached hydrogen (secondary N) is 1. The van der Waals surface area contributed by atoms with Crippen LogP contribution in [0.25, 0.3) is 0 Å². The summed E-state index contributed by atoms with van der Waals surface area (Å²) < 4.78 is 6.20. The summed E-state index contributed by atoms with van der Waals surface area (Å²) in [6.45, 7) is 16.2. The Kier molecular flexibility index (Phi) is 7.99. The molecular formula is C15H33NO3Si. The lowest BCUT2D eigenvalue weighted by molar-refractivity contribution is -0.144. The van der Waals surface area contributed by atoms with Crippen molar-refractivity contribution in [3.8, 4) is 0 Å². The Balaban J connectivity index is 4.58. The minimum absolute atomic E-state index is 0.0972. The number of hydrogen-bond acceptors (Lipinski definition) is 3. The fourth-order valence-corrected chi connectivity index (χ4v) is 3.18. The van der Waals surface area contributed by atoms with E-state index in [0.29, 0.717) is 6.54 Å². The van der Waals surface area contributed by atoms with Crippen molar-refractivity contribution >= 4 is 14.3 Å². The van der Waals surface area contributed by atoms with E-state index in [1.54, 1.807) is 0 Å². The lowest BCUT2D eigenvalue weighted by Crippen LogP contribution is -2.48. The van der Waals surface area contributed by atoms with Crippen molar-refractivity contribution in [1.29, 1.82) is 0 Å². The van der Waals surface area contributed by atoms with Gasteiger partial charge < -0.3 is 14.8 Å². The third-order valence-electron chi connectivity index (χ3n) is 4.24. The normalized spacial score (nSPS) is 15.9. The maximum atomic E-state index is 11.4. The highest BCUT2D eigenvalue weighted by Crippen LogP contribution is 2.37. The molecule has 0 aromatic carbocycles. The molecule has 0 radical (unpaired) electrons. The van der Waals surface area contributed by atoms with E-state index in [1.807, 2.05) is 6.92 Å². The number of carboxylic acids is 1. The van der Waals surface area contributed by atoms with E-state index in [-0.39, 0.29) is 11.1 Å². The predicted octanol–water partition coefficient (Wildman–Crippen LogP) is 3.49. The second-order valence-electron chi connectivity index (χ2n) is 7.09. The number of hydrogen-bond donors (Lipinski definition) is 2. The number of aliphatic carboxylic acids is 1. The predicted molar refractivity (Wildman–Crippen MR) is 86.6 cm³/mol. The quantitative estimate of drug-likeness (QED) is 0.506. The zero-order chi connectivity index (χ0) is 16.0. The van der Waals surface area contributed by atoms with Gasteiger partial charge in [-0.2, -0.15) is 0 Å². The van der Waals surface area contributed by atoms with Crippen LogP contribution in [0.2, 0.25) is 18.1 Å². The Morgan fingerprint density at radius 2 is 1.90 bits per heavy atom. The van der Waals surface area contributed by atoms with Crippen LogP contribution in [-0.2, 0) is 9.22 Å². The molecule has 0 amide bonds. The topological polar surface area (TPSA) is 58.6 Å². The fourth-order valence-electron chi connectivity index (χ4n) is 1.74. The summed E-state index contributed by atoms with van der Waals surface area (Å²) in [6, 6.07) is 0. The highest BCUT2D eigenvalue weighted by Gasteiger charge is 2.40. The molecule has 5 heteroatoms. The molecule has 0 saturated carbocycles. The van der Waals surface area contributed by atoms with Gasteiger partial charge in [0, 0.05) is 6.54 Å². The average Bonchev–Trinajstić information content (AvgIpc) is 2.25. The fraction of sp³-hybridized carbons (Fsp3) is 0.933. The first kappa shape index (κ1) is 19.6. The SMILES string of the molecule is CCCCNC[C@H](C(=O)O)[C@@H](C)O[Si](C)(C)C(C)(C)C. The molecule has 0 heterocycles. The molecule has 20 heavy (non-hydrogen) atoms. The van der Waals surface area contributed by atoms with E-state index in [0.717, 1.165) is 19.4 Å². The molecule has 0 aliphatic heterocycles. The highest BCUT2D eigenvalue weighted by atomic mass is 28.4. The van der Waals surface area contributed by atoms with Gasteiger partial charge in [-0.3, -0.25) is 4.79 Å². The number of carbonyl (C=O) groups is 1. The van der Waals surface area contributed by atoms with E-state index in [4.69, 9.17) is 4.43 Å². The van der Waals surface area contributed by atoms with Crippen LogP contribution in [0.15, 0.2) is 0 Å². The van der Waals surface area contributed by atoms with Crippen LogP contribution in [0.3, 0.4) is 0 Å². The molecule has 2 N–H and O–H groups in total. The third kappa shape index (κ3) is 6.37. The standard InChI is InChI=1S/C15H33NO3Si/c1-8-9-10-16-11-13(14(17)18)12(2)19-20(6,7)15(3,4)5/h12-13,16H,8-11H2,1-7H3,(H,17,18)/t12-,13+/m1/s1. The summed E-state index contributed by atoms with van der Waals surface area (Å²) in [4.78, 5) is 11.4. The Hall–Kier alpha value is -0.393. The van der Waals surface area contributed by atoms with E-state index in [9.17, 15) is 9.90 Å². The van der Waals surface area contributed by atoms with Gasteiger partial charge in [0.15, 0.2) is 8.32 Å². The maximum Gasteiger partial charge on any atom is 0.310 e. The monoisotopic (exact) mass is 303 g/mol. The summed E-state index contributed by atoms with van der Waals surface area (Å²) in [5.41, 5.74) is 0.